The molecular formula is C26H29F2N5O2. The zero-order valence-electron chi connectivity index (χ0n) is 20.3. The van der Waals surface area contributed by atoms with Crippen molar-refractivity contribution in [1.82, 2.24) is 15.5 Å². The van der Waals surface area contributed by atoms with Gasteiger partial charge in [0.2, 0.25) is 0 Å². The second kappa shape index (κ2) is 9.03. The molecule has 1 saturated carbocycles. The molecule has 1 heterocycles. The first-order valence-corrected chi connectivity index (χ1v) is 11.5. The van der Waals surface area contributed by atoms with E-state index < -0.39 is 23.0 Å². The normalized spacial score (nSPS) is 23.1. The molecule has 0 radical (unpaired) electrons. The number of hydrogen-bond donors (Lipinski definition) is 2. The van der Waals surface area contributed by atoms with Gasteiger partial charge in [0.1, 0.15) is 17.3 Å². The van der Waals surface area contributed by atoms with Crippen molar-refractivity contribution in [3.8, 4) is 11.3 Å². The van der Waals surface area contributed by atoms with Gasteiger partial charge >= 0.3 is 0 Å². The number of carbonyl (C=O) groups is 1. The Balaban J connectivity index is 1.90. The quantitative estimate of drug-likeness (QED) is 0.582. The molecule has 0 saturated heterocycles. The van der Waals surface area contributed by atoms with Crippen molar-refractivity contribution in [3.63, 3.8) is 0 Å². The second-order valence-corrected chi connectivity index (χ2v) is 9.62. The molecule has 1 aromatic heterocycles. The summed E-state index contributed by atoms with van der Waals surface area (Å²) in [5, 5.41) is 20.4. The number of amides is 1. The molecule has 2 aliphatic rings. The maximum Gasteiger partial charge on any atom is 0.265 e. The minimum atomic E-state index is -0.712. The van der Waals surface area contributed by atoms with Crippen LogP contribution in [-0.4, -0.2) is 46.8 Å². The number of hydrogen-bond acceptors (Lipinski definition) is 6. The van der Waals surface area contributed by atoms with Crippen molar-refractivity contribution in [1.29, 1.82) is 0 Å². The van der Waals surface area contributed by atoms with Crippen LogP contribution < -0.4 is 5.32 Å². The number of nitrogens with zero attached hydrogens (tertiary/aromatic N) is 4. The summed E-state index contributed by atoms with van der Waals surface area (Å²) in [5.41, 5.74) is 1.76. The molecule has 1 amide bonds. The summed E-state index contributed by atoms with van der Waals surface area (Å²) in [5.74, 6) is -1.74. The van der Waals surface area contributed by atoms with Gasteiger partial charge in [-0.05, 0) is 68.5 Å². The molecule has 1 fully saturated rings. The van der Waals surface area contributed by atoms with Crippen molar-refractivity contribution in [3.05, 3.63) is 58.6 Å². The van der Waals surface area contributed by atoms with Crippen molar-refractivity contribution in [2.24, 2.45) is 15.4 Å². The molecule has 2 aromatic rings. The van der Waals surface area contributed by atoms with Crippen LogP contribution in [0.1, 0.15) is 57.7 Å². The smallest absolute Gasteiger partial charge is 0.265 e. The first-order valence-electron chi connectivity index (χ1n) is 11.5. The Labute approximate surface area is 203 Å². The van der Waals surface area contributed by atoms with E-state index in [9.17, 15) is 13.6 Å². The van der Waals surface area contributed by atoms with Gasteiger partial charge < -0.3 is 10.4 Å². The van der Waals surface area contributed by atoms with Crippen LogP contribution in [0.3, 0.4) is 0 Å². The Bertz CT molecular complexity index is 1250. The van der Waals surface area contributed by atoms with Crippen molar-refractivity contribution < 1.29 is 18.7 Å². The fourth-order valence-corrected chi connectivity index (χ4v) is 5.79. The number of nitrogens with one attached hydrogen (secondary N) is 1. The van der Waals surface area contributed by atoms with Gasteiger partial charge in [0, 0.05) is 6.54 Å². The van der Waals surface area contributed by atoms with Crippen LogP contribution in [0.5, 0.6) is 0 Å². The zero-order chi connectivity index (χ0) is 25.5. The maximum atomic E-state index is 14.5. The number of rotatable bonds is 7. The predicted octanol–water partition coefficient (Wildman–Crippen LogP) is 4.08. The van der Waals surface area contributed by atoms with E-state index in [4.69, 9.17) is 10.1 Å². The van der Waals surface area contributed by atoms with Crippen molar-refractivity contribution in [2.45, 2.75) is 51.9 Å². The fourth-order valence-electron chi connectivity index (χ4n) is 5.79. The molecule has 7 nitrogen and oxygen atoms in total. The van der Waals surface area contributed by atoms with E-state index in [1.165, 1.54) is 18.2 Å². The summed E-state index contributed by atoms with van der Waals surface area (Å²) >= 11 is 0. The van der Waals surface area contributed by atoms with E-state index in [0.29, 0.717) is 23.5 Å². The van der Waals surface area contributed by atoms with E-state index in [2.05, 4.69) is 41.1 Å². The van der Waals surface area contributed by atoms with Gasteiger partial charge in [-0.25, -0.2) is 13.8 Å². The summed E-state index contributed by atoms with van der Waals surface area (Å²) < 4.78 is 29.0. The molecule has 0 aliphatic heterocycles. The number of benzene rings is 1. The number of aliphatic hydroxyl groups is 1. The highest BCUT2D eigenvalue weighted by molar-refractivity contribution is 6.38. The number of halogens is 2. The van der Waals surface area contributed by atoms with Gasteiger partial charge in [0.25, 0.3) is 5.91 Å². The van der Waals surface area contributed by atoms with Crippen LogP contribution in [0, 0.1) is 17.0 Å². The third kappa shape index (κ3) is 3.69. The molecule has 184 valence electrons. The Morgan fingerprint density at radius 2 is 1.94 bits per heavy atom. The van der Waals surface area contributed by atoms with E-state index >= 15 is 0 Å². The second-order valence-electron chi connectivity index (χ2n) is 9.62. The van der Waals surface area contributed by atoms with Gasteiger partial charge in [-0.1, -0.05) is 19.9 Å². The summed E-state index contributed by atoms with van der Waals surface area (Å²) in [6, 6.07) is 5.44. The van der Waals surface area contributed by atoms with Gasteiger partial charge in [-0.15, -0.1) is 5.10 Å². The molecule has 35 heavy (non-hydrogen) atoms. The highest BCUT2D eigenvalue weighted by atomic mass is 19.1. The Morgan fingerprint density at radius 1 is 1.26 bits per heavy atom. The molecule has 0 unspecified atom stereocenters. The SMILES string of the molecule is C=N/C(C)=C(\N=C(C)C(=O)NCCO)[C@@]12CC[C@@H](c3cc(-c4c(F)cccc4F)nnc31)C2(C)C. The minimum absolute atomic E-state index is 0.0490. The van der Waals surface area contributed by atoms with E-state index in [1.54, 1.807) is 19.9 Å². The molecule has 2 N–H and O–H groups in total. The minimum Gasteiger partial charge on any atom is -0.395 e. The summed E-state index contributed by atoms with van der Waals surface area (Å²) in [6.45, 7) is 11.2. The predicted molar refractivity (Wildman–Crippen MR) is 130 cm³/mol. The lowest BCUT2D eigenvalue weighted by molar-refractivity contribution is -0.115. The van der Waals surface area contributed by atoms with Gasteiger partial charge in [0.05, 0.1) is 40.4 Å². The first-order chi connectivity index (χ1) is 16.6. The van der Waals surface area contributed by atoms with Crippen LogP contribution in [0.4, 0.5) is 8.78 Å². The third-order valence-corrected chi connectivity index (χ3v) is 7.59. The summed E-state index contributed by atoms with van der Waals surface area (Å²) in [4.78, 5) is 21.4. The average molecular weight is 482 g/mol. The number of aliphatic imine (C=N–C) groups is 2. The Hall–Kier alpha value is -3.33. The standard InChI is InChI=1S/C26H29F2N5O2/c1-14(29-5)22(31-15(2)24(35)30-11-12-34)26-10-9-17(25(26,3)4)16-13-20(32-33-23(16)26)21-18(27)7-6-8-19(21)28/h6-8,13,17,34H,5,9-12H2,1-4H3,(H,30,35)/b22-14-,31-15?/t17-,26-/m0/s1. The molecule has 2 aliphatic carbocycles. The van der Waals surface area contributed by atoms with Crippen molar-refractivity contribution in [2.75, 3.05) is 13.2 Å². The third-order valence-electron chi connectivity index (χ3n) is 7.59. The lowest BCUT2D eigenvalue weighted by Crippen LogP contribution is -2.39. The molecule has 9 heteroatoms. The molecule has 2 bridgehead atoms. The van der Waals surface area contributed by atoms with Gasteiger partial charge in [0.15, 0.2) is 0 Å². The Kier molecular flexibility index (Phi) is 6.40. The van der Waals surface area contributed by atoms with E-state index in [-0.39, 0.29) is 41.5 Å². The summed E-state index contributed by atoms with van der Waals surface area (Å²) in [7, 11) is 0. The lowest BCUT2D eigenvalue weighted by Gasteiger charge is -2.38. The van der Waals surface area contributed by atoms with Gasteiger partial charge in [-0.3, -0.25) is 9.79 Å². The van der Waals surface area contributed by atoms with E-state index in [0.717, 1.165) is 12.0 Å². The van der Waals surface area contributed by atoms with Crippen LogP contribution in [0.15, 0.2) is 45.6 Å². The zero-order valence-corrected chi connectivity index (χ0v) is 20.3. The highest BCUT2D eigenvalue weighted by Gasteiger charge is 2.65. The lowest BCUT2D eigenvalue weighted by atomic mass is 9.66. The van der Waals surface area contributed by atoms with Crippen LogP contribution >= 0.6 is 0 Å². The van der Waals surface area contributed by atoms with Crippen LogP contribution in [0.2, 0.25) is 0 Å². The largest absolute Gasteiger partial charge is 0.395 e. The molecular weight excluding hydrogens is 452 g/mol. The highest BCUT2D eigenvalue weighted by Crippen LogP contribution is 2.70. The monoisotopic (exact) mass is 481 g/mol. The number of carbonyl (C=O) groups excluding carboxylic acids is 1. The molecule has 1 aromatic carbocycles. The molecule has 0 spiro atoms. The molecule has 4 rings (SSSR count). The van der Waals surface area contributed by atoms with Gasteiger partial charge in [-0.2, -0.15) is 5.10 Å². The first kappa shape index (κ1) is 24.8. The number of fused-ring (bicyclic) bond motifs is 5. The van der Waals surface area contributed by atoms with Crippen molar-refractivity contribution >= 4 is 18.3 Å². The van der Waals surface area contributed by atoms with Crippen LogP contribution in [0.25, 0.3) is 11.3 Å². The van der Waals surface area contributed by atoms with Crippen LogP contribution in [-0.2, 0) is 10.2 Å². The topological polar surface area (TPSA) is 99.8 Å². The summed E-state index contributed by atoms with van der Waals surface area (Å²) in [6.07, 6.45) is 1.51. The Morgan fingerprint density at radius 3 is 2.57 bits per heavy atom. The number of aromatic nitrogens is 2. The maximum absolute atomic E-state index is 14.5. The fraction of sp³-hybridized carbons (Fsp3) is 0.423. The average Bonchev–Trinajstić information content (AvgIpc) is 3.20. The number of allylic oxidation sites excluding steroid dienone is 2. The number of aliphatic hydroxyl groups excluding tert-OH is 1. The molecule has 2 atom stereocenters. The van der Waals surface area contributed by atoms with E-state index in [1.807, 2.05) is 0 Å².